The van der Waals surface area contributed by atoms with E-state index in [0.717, 1.165) is 113 Å². The van der Waals surface area contributed by atoms with Crippen LogP contribution in [-0.4, -0.2) is 174 Å². The lowest BCUT2D eigenvalue weighted by Crippen LogP contribution is -2.41. The lowest BCUT2D eigenvalue weighted by molar-refractivity contribution is -0.138. The van der Waals surface area contributed by atoms with Crippen molar-refractivity contribution in [2.24, 2.45) is 0 Å². The minimum Gasteiger partial charge on any atom is -0.476 e. The van der Waals surface area contributed by atoms with Gasteiger partial charge in [0.1, 0.15) is 0 Å². The molecule has 2 aliphatic heterocycles. The average molecular weight is 1800 g/mol. The number of halogens is 17. The molecule has 0 spiro atoms. The number of carbonyl (C=O) groups excluding carboxylic acids is 3. The number of rotatable bonds is 14. The predicted octanol–water partition coefficient (Wildman–Crippen LogP) is 12.5. The maximum absolute atomic E-state index is 13.0. The molecule has 8 aromatic rings. The lowest BCUT2D eigenvalue weighted by atomic mass is 10.2. The summed E-state index contributed by atoms with van der Waals surface area (Å²) in [5.41, 5.74) is -1.24. The summed E-state index contributed by atoms with van der Waals surface area (Å²) in [6.45, 7) is 5.04. The van der Waals surface area contributed by atoms with Crippen LogP contribution in [0.5, 0.6) is 0 Å². The second-order valence-electron chi connectivity index (χ2n) is 20.4. The van der Waals surface area contributed by atoms with E-state index in [1.165, 1.54) is 30.6 Å². The number of benzene rings is 4. The second kappa shape index (κ2) is 42.6. The number of carboxylic acids is 1. The summed E-state index contributed by atoms with van der Waals surface area (Å²) in [7, 11) is -10.5. The number of morpholine rings is 2. The van der Waals surface area contributed by atoms with Crippen LogP contribution >= 0.6 is 57.1 Å². The number of ether oxygens (including phenoxy) is 4. The molecule has 6 heterocycles. The molecule has 2 saturated heterocycles. The minimum absolute atomic E-state index is 0. The van der Waals surface area contributed by atoms with Crippen LogP contribution in [0.25, 0.3) is 0 Å². The molecule has 4 aromatic heterocycles. The first-order valence-electron chi connectivity index (χ1n) is 29.1. The van der Waals surface area contributed by atoms with Crippen LogP contribution in [0.4, 0.5) is 76.0 Å². The van der Waals surface area contributed by atoms with E-state index in [0.29, 0.717) is 37.5 Å². The molecule has 4 aromatic carbocycles. The van der Waals surface area contributed by atoms with Crippen LogP contribution in [0.2, 0.25) is 20.1 Å². The number of anilines is 4. The number of aromatic nitrogens is 8. The second-order valence-corrected chi connectivity index (χ2v) is 29.7. The van der Waals surface area contributed by atoms with Crippen molar-refractivity contribution >= 4 is 143 Å². The Hall–Kier alpha value is -9.43. The summed E-state index contributed by atoms with van der Waals surface area (Å²) in [5, 5.41) is 9.53. The van der Waals surface area contributed by atoms with Gasteiger partial charge in [0, 0.05) is 86.4 Å². The highest BCUT2D eigenvalue weighted by atomic mass is 35.7. The highest BCUT2D eigenvalue weighted by molar-refractivity contribution is 8.13. The van der Waals surface area contributed by atoms with Gasteiger partial charge in [0.05, 0.1) is 103 Å². The zero-order valence-corrected chi connectivity index (χ0v) is 61.9. The van der Waals surface area contributed by atoms with Crippen LogP contribution in [-0.2, 0) is 82.8 Å². The maximum atomic E-state index is 13.0. The van der Waals surface area contributed by atoms with Gasteiger partial charge in [-0.05, 0) is 72.8 Å². The van der Waals surface area contributed by atoms with Gasteiger partial charge in [-0.25, -0.2) is 87.9 Å². The molecule has 10 rings (SSSR count). The number of methoxy groups -OCH3 is 2. The van der Waals surface area contributed by atoms with Crippen LogP contribution in [0.1, 0.15) is 86.5 Å². The molecule has 0 radical (unpaired) electrons. The molecular formula is C61H61Cl5F12N14O17S4. The van der Waals surface area contributed by atoms with Gasteiger partial charge in [0.25, 0.3) is 45.0 Å². The summed E-state index contributed by atoms with van der Waals surface area (Å²) >= 11 is 21.7. The average Bonchev–Trinajstić information content (AvgIpc) is 0.787. The van der Waals surface area contributed by atoms with E-state index >= 15 is 0 Å². The fourth-order valence-corrected chi connectivity index (χ4v) is 12.7. The van der Waals surface area contributed by atoms with E-state index < -0.39 is 178 Å². The van der Waals surface area contributed by atoms with Crippen molar-refractivity contribution in [1.82, 2.24) is 50.1 Å². The first-order chi connectivity index (χ1) is 51.0. The molecule has 620 valence electrons. The molecule has 0 aliphatic carbocycles. The molecule has 0 unspecified atom stereocenters. The van der Waals surface area contributed by atoms with E-state index in [2.05, 4.69) is 54.7 Å². The Kier molecular flexibility index (Phi) is 37.6. The van der Waals surface area contributed by atoms with Gasteiger partial charge in [-0.15, -0.1) is 0 Å². The fraction of sp³-hybridized carbons (Fsp3) is 0.279. The first kappa shape index (κ1) is 99.6. The van der Waals surface area contributed by atoms with Gasteiger partial charge in [0.15, 0.2) is 46.0 Å². The SMILES string of the molecule is C.C.C.C1COCCN1.COC(=O)c1nccnc1N.COC(=O)c1nccnc1NS(=O)(=O)c1ccc(Cl)c(C(F)(F)F)c1.O=C(O)c1nccnc1NS(=O)(=O)c1ccc(Cl)c(C(F)(F)F)c1.O=C(c1nccnc1NS(=O)(=O)c1ccc(Cl)c(C(F)(F)F)c1)N1CCOCC1.O=S(=O)(Cl)c1ccc(Cl)c(C(F)(F)F)c1. The monoisotopic (exact) mass is 1790 g/mol. The molecule has 1 amide bonds. The summed E-state index contributed by atoms with van der Waals surface area (Å²) in [6, 6.07) is 8.29. The normalized spacial score (nSPS) is 13.0. The lowest BCUT2D eigenvalue weighted by Gasteiger charge is -2.26. The molecule has 0 atom stereocenters. The molecule has 2 aliphatic rings. The van der Waals surface area contributed by atoms with Crippen molar-refractivity contribution in [3.05, 3.63) is 187 Å². The van der Waals surface area contributed by atoms with Crippen LogP contribution < -0.4 is 25.2 Å². The number of nitrogens with two attached hydrogens (primary N) is 1. The number of nitrogens with zero attached hydrogens (tertiary/aromatic N) is 9. The molecule has 0 saturated carbocycles. The number of esters is 2. The third-order valence-electron chi connectivity index (χ3n) is 13.0. The zero-order chi connectivity index (χ0) is 82.5. The number of nitrogen functional groups attached to an aromatic ring is 1. The van der Waals surface area contributed by atoms with Gasteiger partial charge in [-0.3, -0.25) is 19.0 Å². The molecule has 113 heavy (non-hydrogen) atoms. The van der Waals surface area contributed by atoms with Crippen molar-refractivity contribution in [1.29, 1.82) is 0 Å². The van der Waals surface area contributed by atoms with Crippen molar-refractivity contribution in [3.63, 3.8) is 0 Å². The Morgan fingerprint density at radius 1 is 0.451 bits per heavy atom. The van der Waals surface area contributed by atoms with E-state index in [1.807, 2.05) is 9.44 Å². The molecule has 7 N–H and O–H groups in total. The molecule has 52 heteroatoms. The van der Waals surface area contributed by atoms with Gasteiger partial charge in [0.2, 0.25) is 0 Å². The Labute approximate surface area is 659 Å². The highest BCUT2D eigenvalue weighted by Crippen LogP contribution is 2.40. The number of nitrogens with one attached hydrogen (secondary N) is 4. The summed E-state index contributed by atoms with van der Waals surface area (Å²) in [4.78, 5) is 73.9. The standard InChI is InChI=1S/C16H14ClF3N4O4S.C13H9ClF3N3O4S.C12H7ClF3N3O4S.C7H3Cl2F3O2S.C6H7N3O2.C4H9NO.3CH4/c17-12-2-1-10(9-11(12)16(18,19)20)29(26,27)23-14-13(21-3-4-22-14)15(25)24-5-7-28-8-6-24;1-24-12(21)10-11(19-5-4-18-10)20-25(22,23)7-2-3-9(14)8(6-7)13(15,16)17;13-8-2-1-6(5-7(8)12(14,15)16)24(22,23)19-10-9(11(20)21)17-3-4-18-10;8-6-2-1-4(15(9,13)14)3-5(6)7(10,11)12;1-11-6(10)4-5(7)9-3-2-8-4;1-3-6-4-2-5-1;;;/h1-4,9H,5-8H2,(H,22,23);2-6H,1H3,(H,19,20);1-5H,(H,18,19)(H,20,21);1-3H;2-3H,1H3,(H2,7,9);5H,1-4H2;3*1H4. The molecular weight excluding hydrogens is 1730 g/mol. The van der Waals surface area contributed by atoms with Crippen molar-refractivity contribution in [2.45, 2.75) is 66.6 Å². The Balaban J connectivity index is 0.000000480. The topological polar surface area (TPSA) is 442 Å². The van der Waals surface area contributed by atoms with E-state index in [4.69, 9.17) is 77.4 Å². The molecule has 31 nitrogen and oxygen atoms in total. The van der Waals surface area contributed by atoms with Crippen molar-refractivity contribution in [2.75, 3.05) is 86.7 Å². The van der Waals surface area contributed by atoms with Gasteiger partial charge >= 0.3 is 42.6 Å². The summed E-state index contributed by atoms with van der Waals surface area (Å²) < 4.78 is 274. The number of carbonyl (C=O) groups is 4. The zero-order valence-electron chi connectivity index (χ0n) is 54.8. The van der Waals surface area contributed by atoms with Crippen LogP contribution in [0, 0.1) is 0 Å². The smallest absolute Gasteiger partial charge is 0.417 e. The van der Waals surface area contributed by atoms with Gasteiger partial charge in [-0.2, -0.15) is 52.7 Å². The summed E-state index contributed by atoms with van der Waals surface area (Å²) in [6.07, 6.45) is -9.87. The number of hydrogen-bond acceptors (Lipinski definition) is 26. The van der Waals surface area contributed by atoms with Gasteiger partial charge < -0.3 is 40.0 Å². The Bertz CT molecular complexity index is 5100. The van der Waals surface area contributed by atoms with Crippen LogP contribution in [0.15, 0.2) is 142 Å². The quantitative estimate of drug-likeness (QED) is 0.0334. The highest BCUT2D eigenvalue weighted by Gasteiger charge is 2.39. The number of hydrogen-bond donors (Lipinski definition) is 6. The third kappa shape index (κ3) is 29.5. The van der Waals surface area contributed by atoms with E-state index in [1.54, 1.807) is 4.72 Å². The first-order valence-corrected chi connectivity index (χ1v) is 37.4. The number of aromatic carboxylic acids is 1. The predicted molar refractivity (Wildman–Crippen MR) is 384 cm³/mol. The number of alkyl halides is 12. The molecule has 2 fully saturated rings. The third-order valence-corrected chi connectivity index (χ3v) is 19.7. The van der Waals surface area contributed by atoms with Crippen molar-refractivity contribution in [3.8, 4) is 0 Å². The van der Waals surface area contributed by atoms with Crippen LogP contribution in [0.3, 0.4) is 0 Å². The number of sulfonamides is 3. The summed E-state index contributed by atoms with van der Waals surface area (Å²) in [5.74, 6) is -5.12. The fourth-order valence-electron chi connectivity index (χ4n) is 7.93. The van der Waals surface area contributed by atoms with Gasteiger partial charge in [-0.1, -0.05) is 68.7 Å². The number of carboxylic acid groups (broad SMARTS) is 1. The Morgan fingerprint density at radius 2 is 0.735 bits per heavy atom. The maximum Gasteiger partial charge on any atom is 0.417 e. The molecule has 0 bridgehead atoms. The minimum atomic E-state index is -4.86. The Morgan fingerprint density at radius 3 is 1.04 bits per heavy atom. The van der Waals surface area contributed by atoms with Crippen molar-refractivity contribution < 1.29 is 130 Å². The van der Waals surface area contributed by atoms with E-state index in [-0.39, 0.29) is 52.6 Å². The number of amides is 1. The van der Waals surface area contributed by atoms with E-state index in [9.17, 15) is 106 Å². The largest absolute Gasteiger partial charge is 0.476 e.